The van der Waals surface area contributed by atoms with Crippen molar-refractivity contribution in [2.75, 3.05) is 20.2 Å². The molecule has 0 aromatic heterocycles. The van der Waals surface area contributed by atoms with Gasteiger partial charge in [-0.2, -0.15) is 0 Å². The van der Waals surface area contributed by atoms with Gasteiger partial charge in [-0.05, 0) is 20.8 Å². The van der Waals surface area contributed by atoms with Crippen LogP contribution in [0.15, 0.2) is 4.99 Å². The maximum absolute atomic E-state index is 11.7. The van der Waals surface area contributed by atoms with Crippen LogP contribution in [0.1, 0.15) is 20.8 Å². The lowest BCUT2D eigenvalue weighted by Crippen LogP contribution is -2.27. The van der Waals surface area contributed by atoms with Crippen LogP contribution in [0, 0.1) is 5.92 Å². The van der Waals surface area contributed by atoms with Gasteiger partial charge in [-0.3, -0.25) is 14.6 Å². The molecule has 1 heterocycles. The lowest BCUT2D eigenvalue weighted by Gasteiger charge is -2.09. The molecule has 0 spiro atoms. The first-order chi connectivity index (χ1) is 7.47. The third-order valence-corrected chi connectivity index (χ3v) is 2.32. The van der Waals surface area contributed by atoms with Crippen molar-refractivity contribution in [1.82, 2.24) is 4.90 Å². The quantitative estimate of drug-likeness (QED) is 0.658. The molecular formula is C11H18N2O3. The highest BCUT2D eigenvalue weighted by Gasteiger charge is 2.40. The minimum Gasteiger partial charge on any atom is -0.465 e. The number of aliphatic imine (C=N–C) groups is 1. The summed E-state index contributed by atoms with van der Waals surface area (Å²) in [6.07, 6.45) is 0. The second-order valence-electron chi connectivity index (χ2n) is 4.10. The Labute approximate surface area is 95.5 Å². The van der Waals surface area contributed by atoms with E-state index in [0.717, 1.165) is 0 Å². The molecule has 0 radical (unpaired) electrons. The summed E-state index contributed by atoms with van der Waals surface area (Å²) in [6, 6.07) is 0.00220. The van der Waals surface area contributed by atoms with Gasteiger partial charge in [0.1, 0.15) is 11.6 Å². The number of amides is 1. The zero-order valence-corrected chi connectivity index (χ0v) is 10.2. The second-order valence-corrected chi connectivity index (χ2v) is 4.10. The third-order valence-electron chi connectivity index (χ3n) is 2.32. The summed E-state index contributed by atoms with van der Waals surface area (Å²) in [5.74, 6) is -1.06. The summed E-state index contributed by atoms with van der Waals surface area (Å²) < 4.78 is 4.94. The van der Waals surface area contributed by atoms with Gasteiger partial charge >= 0.3 is 5.97 Å². The van der Waals surface area contributed by atoms with Crippen molar-refractivity contribution in [3.05, 3.63) is 0 Å². The number of carbonyl (C=O) groups excluding carboxylic acids is 2. The molecule has 1 aliphatic heterocycles. The molecule has 0 bridgehead atoms. The van der Waals surface area contributed by atoms with Crippen LogP contribution in [0.5, 0.6) is 0 Å². The number of ether oxygens (including phenoxy) is 1. The molecule has 0 aromatic rings. The lowest BCUT2D eigenvalue weighted by atomic mass is 10.1. The van der Waals surface area contributed by atoms with Crippen molar-refractivity contribution in [2.45, 2.75) is 26.8 Å². The molecule has 90 valence electrons. The topological polar surface area (TPSA) is 59.0 Å². The number of hydrogen-bond acceptors (Lipinski definition) is 4. The molecule has 1 aliphatic rings. The summed E-state index contributed by atoms with van der Waals surface area (Å²) in [4.78, 5) is 29.1. The second kappa shape index (κ2) is 5.09. The predicted molar refractivity (Wildman–Crippen MR) is 60.3 cm³/mol. The van der Waals surface area contributed by atoms with Gasteiger partial charge < -0.3 is 9.64 Å². The van der Waals surface area contributed by atoms with E-state index in [0.29, 0.717) is 18.9 Å². The minimum absolute atomic E-state index is 0.00220. The van der Waals surface area contributed by atoms with Crippen molar-refractivity contribution < 1.29 is 14.3 Å². The molecule has 0 aliphatic carbocycles. The molecular weight excluding hydrogens is 208 g/mol. The van der Waals surface area contributed by atoms with Gasteiger partial charge in [0.15, 0.2) is 0 Å². The Morgan fingerprint density at radius 3 is 2.75 bits per heavy atom. The number of likely N-dealkylation sites (tertiary alicyclic amines) is 1. The smallest absolute Gasteiger partial charge is 0.317 e. The first-order valence-corrected chi connectivity index (χ1v) is 5.47. The van der Waals surface area contributed by atoms with Crippen LogP contribution in [0.4, 0.5) is 0 Å². The summed E-state index contributed by atoms with van der Waals surface area (Å²) >= 11 is 0. The molecule has 0 aromatic carbocycles. The summed E-state index contributed by atoms with van der Waals surface area (Å²) in [6.45, 7) is 6.19. The Hall–Kier alpha value is -1.39. The maximum atomic E-state index is 11.7. The molecule has 1 fully saturated rings. The fraction of sp³-hybridized carbons (Fsp3) is 0.727. The van der Waals surface area contributed by atoms with E-state index in [1.807, 2.05) is 13.8 Å². The van der Waals surface area contributed by atoms with Crippen molar-refractivity contribution in [3.63, 3.8) is 0 Å². The van der Waals surface area contributed by atoms with E-state index >= 15 is 0 Å². The number of nitrogens with zero attached hydrogens (tertiary/aromatic N) is 2. The normalized spacial score (nSPS) is 23.3. The first-order valence-electron chi connectivity index (χ1n) is 5.47. The van der Waals surface area contributed by atoms with Crippen LogP contribution in [-0.2, 0) is 14.3 Å². The number of rotatable bonds is 3. The Balaban J connectivity index is 2.91. The van der Waals surface area contributed by atoms with Gasteiger partial charge in [-0.1, -0.05) is 0 Å². The van der Waals surface area contributed by atoms with E-state index in [1.54, 1.807) is 14.0 Å². The van der Waals surface area contributed by atoms with Gasteiger partial charge in [0.05, 0.1) is 6.61 Å². The number of carbonyl (C=O) groups is 2. The maximum Gasteiger partial charge on any atom is 0.317 e. The Morgan fingerprint density at radius 2 is 2.25 bits per heavy atom. The van der Waals surface area contributed by atoms with Crippen LogP contribution < -0.4 is 0 Å². The largest absolute Gasteiger partial charge is 0.465 e. The summed E-state index contributed by atoms with van der Waals surface area (Å²) in [5, 5.41) is 0. The van der Waals surface area contributed by atoms with Gasteiger partial charge in [0.25, 0.3) is 5.91 Å². The van der Waals surface area contributed by atoms with E-state index in [2.05, 4.69) is 4.99 Å². The molecule has 1 amide bonds. The fourth-order valence-corrected chi connectivity index (χ4v) is 1.64. The average molecular weight is 226 g/mol. The Morgan fingerprint density at radius 1 is 1.62 bits per heavy atom. The summed E-state index contributed by atoms with van der Waals surface area (Å²) in [5.41, 5.74) is 0.330. The zero-order valence-electron chi connectivity index (χ0n) is 10.2. The highest BCUT2D eigenvalue weighted by Crippen LogP contribution is 2.16. The van der Waals surface area contributed by atoms with Crippen LogP contribution >= 0.6 is 0 Å². The van der Waals surface area contributed by atoms with Gasteiger partial charge in [-0.25, -0.2) is 0 Å². The Kier molecular flexibility index (Phi) is 4.04. The van der Waals surface area contributed by atoms with Crippen LogP contribution in [-0.4, -0.2) is 48.7 Å². The van der Waals surface area contributed by atoms with E-state index in [-0.39, 0.29) is 17.9 Å². The molecule has 1 saturated heterocycles. The lowest BCUT2D eigenvalue weighted by molar-refractivity contribution is -0.145. The van der Waals surface area contributed by atoms with E-state index in [1.165, 1.54) is 4.90 Å². The molecule has 5 heteroatoms. The van der Waals surface area contributed by atoms with Crippen LogP contribution in [0.3, 0.4) is 0 Å². The molecule has 0 saturated carbocycles. The highest BCUT2D eigenvalue weighted by molar-refractivity contribution is 6.44. The predicted octanol–water partition coefficient (Wildman–Crippen LogP) is 0.487. The third kappa shape index (κ3) is 2.59. The molecule has 5 nitrogen and oxygen atoms in total. The molecule has 0 N–H and O–H groups in total. The van der Waals surface area contributed by atoms with E-state index in [4.69, 9.17) is 4.74 Å². The standard InChI is InChI=1S/C11H18N2O3/c1-5-16-11(15)8-6-13(4)10(14)9(8)12-7(2)3/h7-8H,5-6H2,1-4H3/t8-/m1/s1. The first kappa shape index (κ1) is 12.7. The van der Waals surface area contributed by atoms with Gasteiger partial charge in [0.2, 0.25) is 0 Å². The van der Waals surface area contributed by atoms with Crippen molar-refractivity contribution in [2.24, 2.45) is 10.9 Å². The van der Waals surface area contributed by atoms with Crippen molar-refractivity contribution in [3.8, 4) is 0 Å². The van der Waals surface area contributed by atoms with Crippen LogP contribution in [0.25, 0.3) is 0 Å². The van der Waals surface area contributed by atoms with E-state index in [9.17, 15) is 9.59 Å². The molecule has 1 atom stereocenters. The Bertz CT molecular complexity index is 323. The van der Waals surface area contributed by atoms with Crippen LogP contribution in [0.2, 0.25) is 0 Å². The zero-order chi connectivity index (χ0) is 12.3. The van der Waals surface area contributed by atoms with E-state index < -0.39 is 5.92 Å². The minimum atomic E-state index is -0.528. The van der Waals surface area contributed by atoms with Gasteiger partial charge in [0, 0.05) is 19.6 Å². The van der Waals surface area contributed by atoms with Gasteiger partial charge in [-0.15, -0.1) is 0 Å². The highest BCUT2D eigenvalue weighted by atomic mass is 16.5. The number of esters is 1. The molecule has 0 unspecified atom stereocenters. The summed E-state index contributed by atoms with van der Waals surface area (Å²) in [7, 11) is 1.66. The SMILES string of the molecule is CCOC(=O)[C@@H]1CN(C)C(=O)C1=NC(C)C. The van der Waals surface area contributed by atoms with Crippen molar-refractivity contribution >= 4 is 17.6 Å². The fourth-order valence-electron chi connectivity index (χ4n) is 1.64. The molecule has 1 rings (SSSR count). The average Bonchev–Trinajstić information content (AvgIpc) is 2.46. The monoisotopic (exact) mass is 226 g/mol. The molecule has 16 heavy (non-hydrogen) atoms. The van der Waals surface area contributed by atoms with Crippen molar-refractivity contribution in [1.29, 1.82) is 0 Å². The number of hydrogen-bond donors (Lipinski definition) is 0.